The first-order valence-corrected chi connectivity index (χ1v) is 5.05. The Bertz CT molecular complexity index is 451. The lowest BCUT2D eigenvalue weighted by Crippen LogP contribution is -2.38. The van der Waals surface area contributed by atoms with Gasteiger partial charge in [0.25, 0.3) is 11.5 Å². The maximum absolute atomic E-state index is 11.8. The summed E-state index contributed by atoms with van der Waals surface area (Å²) in [4.78, 5) is 23.2. The third-order valence-electron chi connectivity index (χ3n) is 2.01. The number of nitrogens with one attached hydrogen (secondary N) is 1. The summed E-state index contributed by atoms with van der Waals surface area (Å²) in [5.41, 5.74) is 2.17. The van der Waals surface area contributed by atoms with Gasteiger partial charge < -0.3 is 0 Å². The van der Waals surface area contributed by atoms with Gasteiger partial charge in [-0.05, 0) is 18.9 Å². The van der Waals surface area contributed by atoms with E-state index in [1.165, 1.54) is 10.7 Å². The van der Waals surface area contributed by atoms with Gasteiger partial charge in [0.1, 0.15) is 5.56 Å². The van der Waals surface area contributed by atoms with Gasteiger partial charge in [-0.25, -0.2) is 10.5 Å². The molecule has 0 unspecified atom stereocenters. The number of aryl methyl sites for hydroxylation is 1. The molecule has 88 valence electrons. The van der Waals surface area contributed by atoms with Gasteiger partial charge in [0, 0.05) is 6.54 Å². The molecule has 0 saturated heterocycles. The number of nitrogen functional groups attached to an aromatic ring is 1. The number of nitrogens with zero attached hydrogens (tertiary/aromatic N) is 2. The van der Waals surface area contributed by atoms with Crippen molar-refractivity contribution in [3.63, 3.8) is 0 Å². The Balaban J connectivity index is 3.26. The third kappa shape index (κ3) is 2.66. The molecule has 0 radical (unpaired) electrons. The molecule has 0 atom stereocenters. The van der Waals surface area contributed by atoms with Crippen molar-refractivity contribution < 1.29 is 4.79 Å². The van der Waals surface area contributed by atoms with Crippen LogP contribution in [-0.2, 0) is 6.54 Å². The van der Waals surface area contributed by atoms with Crippen LogP contribution in [0, 0.1) is 12.8 Å². The molecular formula is C10H16N4O2. The minimum Gasteiger partial charge on any atom is -0.290 e. The Labute approximate surface area is 93.4 Å². The molecule has 0 aliphatic heterocycles. The van der Waals surface area contributed by atoms with E-state index in [9.17, 15) is 9.59 Å². The largest absolute Gasteiger partial charge is 0.290 e. The zero-order chi connectivity index (χ0) is 12.3. The number of rotatable bonds is 3. The minimum atomic E-state index is -0.590. The van der Waals surface area contributed by atoms with Gasteiger partial charge in [0.05, 0.1) is 5.69 Å². The van der Waals surface area contributed by atoms with Gasteiger partial charge in [-0.2, -0.15) is 5.10 Å². The first kappa shape index (κ1) is 12.4. The highest BCUT2D eigenvalue weighted by Crippen LogP contribution is 1.99. The van der Waals surface area contributed by atoms with Crippen LogP contribution in [0.3, 0.4) is 0 Å². The summed E-state index contributed by atoms with van der Waals surface area (Å²) in [5.74, 6) is 4.69. The zero-order valence-electron chi connectivity index (χ0n) is 9.65. The Morgan fingerprint density at radius 2 is 2.25 bits per heavy atom. The Morgan fingerprint density at radius 3 is 2.75 bits per heavy atom. The van der Waals surface area contributed by atoms with Crippen LogP contribution in [0.4, 0.5) is 0 Å². The Hall–Kier alpha value is -1.69. The van der Waals surface area contributed by atoms with Gasteiger partial charge in [0.2, 0.25) is 0 Å². The molecule has 0 saturated carbocycles. The number of aromatic nitrogens is 2. The monoisotopic (exact) mass is 224 g/mol. The lowest BCUT2D eigenvalue weighted by atomic mass is 10.2. The molecule has 0 fully saturated rings. The Morgan fingerprint density at radius 1 is 1.62 bits per heavy atom. The maximum Gasteiger partial charge on any atom is 0.279 e. The van der Waals surface area contributed by atoms with Gasteiger partial charge in [-0.3, -0.25) is 15.0 Å². The molecule has 0 aliphatic rings. The standard InChI is InChI=1S/C10H16N4O2/c1-6(2)5-14-10(16)8(9(15)12-11)4-7(3)13-14/h4,6H,5,11H2,1-3H3,(H,12,15). The summed E-state index contributed by atoms with van der Waals surface area (Å²) in [6.07, 6.45) is 0. The van der Waals surface area contributed by atoms with Crippen molar-refractivity contribution in [1.82, 2.24) is 15.2 Å². The lowest BCUT2D eigenvalue weighted by molar-refractivity contribution is 0.0950. The summed E-state index contributed by atoms with van der Waals surface area (Å²) >= 11 is 0. The maximum atomic E-state index is 11.8. The molecule has 1 aromatic rings. The molecule has 1 amide bonds. The summed E-state index contributed by atoms with van der Waals surface area (Å²) < 4.78 is 1.30. The quantitative estimate of drug-likeness (QED) is 0.423. The van der Waals surface area contributed by atoms with Gasteiger partial charge in [0.15, 0.2) is 0 Å². The topological polar surface area (TPSA) is 90.0 Å². The van der Waals surface area contributed by atoms with Crippen LogP contribution >= 0.6 is 0 Å². The molecule has 6 nitrogen and oxygen atoms in total. The van der Waals surface area contributed by atoms with E-state index in [0.717, 1.165) is 0 Å². The van der Waals surface area contributed by atoms with E-state index < -0.39 is 11.5 Å². The second kappa shape index (κ2) is 4.89. The molecule has 1 heterocycles. The van der Waals surface area contributed by atoms with E-state index in [-0.39, 0.29) is 11.5 Å². The fourth-order valence-electron chi connectivity index (χ4n) is 1.38. The van der Waals surface area contributed by atoms with E-state index in [1.807, 2.05) is 19.3 Å². The van der Waals surface area contributed by atoms with Crippen molar-refractivity contribution in [3.05, 3.63) is 27.7 Å². The lowest BCUT2D eigenvalue weighted by Gasteiger charge is -2.09. The molecular weight excluding hydrogens is 208 g/mol. The molecule has 6 heteroatoms. The first-order valence-electron chi connectivity index (χ1n) is 5.05. The molecule has 0 aliphatic carbocycles. The molecule has 1 rings (SSSR count). The molecule has 0 aromatic carbocycles. The normalized spacial score (nSPS) is 10.6. The fourth-order valence-corrected chi connectivity index (χ4v) is 1.38. The Kier molecular flexibility index (Phi) is 3.78. The van der Waals surface area contributed by atoms with Crippen LogP contribution in [0.5, 0.6) is 0 Å². The first-order chi connectivity index (χ1) is 7.45. The summed E-state index contributed by atoms with van der Waals surface area (Å²) in [5, 5.41) is 4.07. The number of carbonyl (C=O) groups is 1. The van der Waals surface area contributed by atoms with Crippen molar-refractivity contribution in [3.8, 4) is 0 Å². The molecule has 0 spiro atoms. The van der Waals surface area contributed by atoms with Crippen molar-refractivity contribution >= 4 is 5.91 Å². The predicted octanol–water partition coefficient (Wildman–Crippen LogP) is -0.189. The molecule has 16 heavy (non-hydrogen) atoms. The highest BCUT2D eigenvalue weighted by Gasteiger charge is 2.13. The number of hydrazine groups is 1. The summed E-state index contributed by atoms with van der Waals surface area (Å²) in [7, 11) is 0. The third-order valence-corrected chi connectivity index (χ3v) is 2.01. The summed E-state index contributed by atoms with van der Waals surface area (Å²) in [6, 6.07) is 1.43. The van der Waals surface area contributed by atoms with Gasteiger partial charge >= 0.3 is 0 Å². The van der Waals surface area contributed by atoms with Crippen LogP contribution < -0.4 is 16.8 Å². The molecule has 1 aromatic heterocycles. The number of hydrogen-bond acceptors (Lipinski definition) is 4. The average molecular weight is 224 g/mol. The predicted molar refractivity (Wildman–Crippen MR) is 59.7 cm³/mol. The van der Waals surface area contributed by atoms with Crippen molar-refractivity contribution in [2.75, 3.05) is 0 Å². The molecule has 0 bridgehead atoms. The smallest absolute Gasteiger partial charge is 0.279 e. The average Bonchev–Trinajstić information content (AvgIpc) is 2.21. The number of amides is 1. The van der Waals surface area contributed by atoms with Gasteiger partial charge in [-0.1, -0.05) is 13.8 Å². The highest BCUT2D eigenvalue weighted by molar-refractivity contribution is 5.93. The van der Waals surface area contributed by atoms with Crippen molar-refractivity contribution in [1.29, 1.82) is 0 Å². The van der Waals surface area contributed by atoms with Crippen molar-refractivity contribution in [2.45, 2.75) is 27.3 Å². The fraction of sp³-hybridized carbons (Fsp3) is 0.500. The SMILES string of the molecule is Cc1cc(C(=O)NN)c(=O)n(CC(C)C)n1. The van der Waals surface area contributed by atoms with E-state index in [1.54, 1.807) is 6.92 Å². The van der Waals surface area contributed by atoms with E-state index in [4.69, 9.17) is 5.84 Å². The second-order valence-electron chi connectivity index (χ2n) is 4.05. The van der Waals surface area contributed by atoms with Crippen molar-refractivity contribution in [2.24, 2.45) is 11.8 Å². The van der Waals surface area contributed by atoms with Crippen LogP contribution in [0.15, 0.2) is 10.9 Å². The second-order valence-corrected chi connectivity index (χ2v) is 4.05. The molecule has 3 N–H and O–H groups in total. The van der Waals surface area contributed by atoms with E-state index >= 15 is 0 Å². The highest BCUT2D eigenvalue weighted by atomic mass is 16.2. The van der Waals surface area contributed by atoms with Crippen LogP contribution in [0.1, 0.15) is 29.9 Å². The van der Waals surface area contributed by atoms with Gasteiger partial charge in [-0.15, -0.1) is 0 Å². The van der Waals surface area contributed by atoms with Crippen LogP contribution in [0.2, 0.25) is 0 Å². The number of carbonyl (C=O) groups excluding carboxylic acids is 1. The zero-order valence-corrected chi connectivity index (χ0v) is 9.65. The van der Waals surface area contributed by atoms with Crippen LogP contribution in [-0.4, -0.2) is 15.7 Å². The summed E-state index contributed by atoms with van der Waals surface area (Å²) in [6.45, 7) is 6.15. The van der Waals surface area contributed by atoms with E-state index in [2.05, 4.69) is 5.10 Å². The minimum absolute atomic E-state index is 0.0238. The number of hydrogen-bond donors (Lipinski definition) is 2. The van der Waals surface area contributed by atoms with E-state index in [0.29, 0.717) is 12.2 Å². The van der Waals surface area contributed by atoms with Crippen LogP contribution in [0.25, 0.3) is 0 Å². The number of nitrogens with two attached hydrogens (primary N) is 1.